The summed E-state index contributed by atoms with van der Waals surface area (Å²) in [5.74, 6) is 0.819. The average molecular weight is 237 g/mol. The van der Waals surface area contributed by atoms with Gasteiger partial charge in [0.25, 0.3) is 0 Å². The number of thiol groups is 1. The first-order valence-electron chi connectivity index (χ1n) is 5.55. The fraction of sp³-hybridized carbons (Fsp3) is 0.385. The molecule has 1 aliphatic carbocycles. The van der Waals surface area contributed by atoms with E-state index in [1.807, 2.05) is 12.1 Å². The Morgan fingerprint density at radius 1 is 1.31 bits per heavy atom. The Morgan fingerprint density at radius 2 is 2.00 bits per heavy atom. The smallest absolute Gasteiger partial charge is 0.123 e. The van der Waals surface area contributed by atoms with Gasteiger partial charge >= 0.3 is 0 Å². The quantitative estimate of drug-likeness (QED) is 0.760. The third kappa shape index (κ3) is 2.30. The molecule has 86 valence electrons. The molecule has 0 bridgehead atoms. The van der Waals surface area contributed by atoms with Crippen LogP contribution in [0.2, 0.25) is 0 Å². The van der Waals surface area contributed by atoms with E-state index in [0.717, 1.165) is 24.2 Å². The van der Waals surface area contributed by atoms with Crippen molar-refractivity contribution in [1.82, 2.24) is 0 Å². The first-order valence-corrected chi connectivity index (χ1v) is 6.18. The van der Waals surface area contributed by atoms with Gasteiger partial charge in [-0.05, 0) is 41.9 Å². The van der Waals surface area contributed by atoms with E-state index >= 15 is 0 Å². The lowest BCUT2D eigenvalue weighted by molar-refractivity contribution is 0.507. The maximum absolute atomic E-state index is 12.9. The van der Waals surface area contributed by atoms with Gasteiger partial charge in [-0.1, -0.05) is 18.2 Å². The predicted octanol–water partition coefficient (Wildman–Crippen LogP) is 2.88. The average Bonchev–Trinajstić information content (AvgIpc) is 2.30. The van der Waals surface area contributed by atoms with Gasteiger partial charge in [-0.25, -0.2) is 4.39 Å². The summed E-state index contributed by atoms with van der Waals surface area (Å²) in [6.45, 7) is 0. The molecule has 0 spiro atoms. The van der Waals surface area contributed by atoms with Gasteiger partial charge in [0.1, 0.15) is 5.82 Å². The summed E-state index contributed by atoms with van der Waals surface area (Å²) in [5.41, 5.74) is 8.37. The van der Waals surface area contributed by atoms with Crippen LogP contribution in [0.3, 0.4) is 0 Å². The van der Waals surface area contributed by atoms with Crippen molar-refractivity contribution in [2.24, 2.45) is 11.7 Å². The van der Waals surface area contributed by atoms with Crippen molar-refractivity contribution >= 4 is 18.2 Å². The summed E-state index contributed by atoms with van der Waals surface area (Å²) < 4.78 is 12.9. The summed E-state index contributed by atoms with van der Waals surface area (Å²) in [6.07, 6.45) is 4.21. The summed E-state index contributed by atoms with van der Waals surface area (Å²) in [6, 6.07) is 6.78. The molecule has 1 aromatic carbocycles. The second kappa shape index (κ2) is 5.02. The third-order valence-electron chi connectivity index (χ3n) is 3.15. The van der Waals surface area contributed by atoms with Crippen LogP contribution in [0.15, 0.2) is 30.3 Å². The minimum Gasteiger partial charge on any atom is -0.327 e. The van der Waals surface area contributed by atoms with Gasteiger partial charge in [-0.3, -0.25) is 0 Å². The summed E-state index contributed by atoms with van der Waals surface area (Å²) in [5, 5.41) is 0. The van der Waals surface area contributed by atoms with E-state index in [2.05, 4.69) is 18.7 Å². The highest BCUT2D eigenvalue weighted by molar-refractivity contribution is 7.80. The highest BCUT2D eigenvalue weighted by atomic mass is 32.1. The van der Waals surface area contributed by atoms with Gasteiger partial charge in [-0.15, -0.1) is 0 Å². The molecule has 0 unspecified atom stereocenters. The van der Waals surface area contributed by atoms with Gasteiger partial charge in [0.05, 0.1) is 0 Å². The van der Waals surface area contributed by atoms with Crippen LogP contribution >= 0.6 is 12.6 Å². The molecule has 1 aromatic rings. The second-order valence-corrected chi connectivity index (χ2v) is 4.56. The van der Waals surface area contributed by atoms with E-state index in [1.54, 1.807) is 0 Å². The molecule has 0 heterocycles. The molecule has 0 radical (unpaired) electrons. The van der Waals surface area contributed by atoms with Crippen molar-refractivity contribution in [1.29, 1.82) is 0 Å². The molecular weight excluding hydrogens is 221 g/mol. The van der Waals surface area contributed by atoms with Gasteiger partial charge in [0.2, 0.25) is 0 Å². The summed E-state index contributed by atoms with van der Waals surface area (Å²) in [4.78, 5) is 0. The van der Waals surface area contributed by atoms with Crippen LogP contribution in [0, 0.1) is 11.7 Å². The maximum atomic E-state index is 12.9. The van der Waals surface area contributed by atoms with Crippen molar-refractivity contribution < 1.29 is 4.39 Å². The zero-order valence-electron chi connectivity index (χ0n) is 9.07. The van der Waals surface area contributed by atoms with Crippen LogP contribution in [0.5, 0.6) is 0 Å². The van der Waals surface area contributed by atoms with E-state index in [4.69, 9.17) is 5.73 Å². The van der Waals surface area contributed by atoms with E-state index in [-0.39, 0.29) is 17.8 Å². The molecule has 0 amide bonds. The molecule has 2 N–H and O–H groups in total. The van der Waals surface area contributed by atoms with E-state index in [0.29, 0.717) is 0 Å². The molecule has 3 heteroatoms. The molecule has 2 rings (SSSR count). The summed E-state index contributed by atoms with van der Waals surface area (Å²) >= 11 is 4.36. The number of allylic oxidation sites excluding steroid dienone is 1. The van der Waals surface area contributed by atoms with E-state index in [9.17, 15) is 4.39 Å². The largest absolute Gasteiger partial charge is 0.327 e. The Morgan fingerprint density at radius 3 is 2.62 bits per heavy atom. The number of benzene rings is 1. The summed E-state index contributed by atoms with van der Waals surface area (Å²) in [7, 11) is 0. The molecule has 16 heavy (non-hydrogen) atoms. The van der Waals surface area contributed by atoms with E-state index < -0.39 is 0 Å². The van der Waals surface area contributed by atoms with Crippen molar-refractivity contribution in [2.45, 2.75) is 18.9 Å². The third-order valence-corrected chi connectivity index (χ3v) is 3.55. The molecule has 1 nitrogen and oxygen atoms in total. The SMILES string of the molecule is N[C@@H]1CCC=C(c2ccc(F)cc2)[C@H]1CS. The number of hydrogen-bond acceptors (Lipinski definition) is 2. The number of nitrogens with two attached hydrogens (primary N) is 1. The van der Waals surface area contributed by atoms with Crippen LogP contribution in [0.4, 0.5) is 4.39 Å². The Balaban J connectivity index is 2.31. The Labute approximate surface area is 101 Å². The highest BCUT2D eigenvalue weighted by Gasteiger charge is 2.24. The fourth-order valence-electron chi connectivity index (χ4n) is 2.22. The van der Waals surface area contributed by atoms with Gasteiger partial charge in [-0.2, -0.15) is 12.6 Å². The van der Waals surface area contributed by atoms with E-state index in [1.165, 1.54) is 17.7 Å². The van der Waals surface area contributed by atoms with Crippen LogP contribution in [-0.4, -0.2) is 11.8 Å². The molecular formula is C13H16FNS. The lowest BCUT2D eigenvalue weighted by Gasteiger charge is -2.29. The first kappa shape index (κ1) is 11.7. The fourth-order valence-corrected chi connectivity index (χ4v) is 2.69. The molecule has 1 aliphatic rings. The number of halogens is 1. The lowest BCUT2D eigenvalue weighted by atomic mass is 9.81. The zero-order valence-corrected chi connectivity index (χ0v) is 9.96. The maximum Gasteiger partial charge on any atom is 0.123 e. The second-order valence-electron chi connectivity index (χ2n) is 4.20. The van der Waals surface area contributed by atoms with Crippen LogP contribution in [-0.2, 0) is 0 Å². The topological polar surface area (TPSA) is 26.0 Å². The lowest BCUT2D eigenvalue weighted by Crippen LogP contribution is -2.34. The molecule has 0 saturated heterocycles. The van der Waals surface area contributed by atoms with Crippen molar-refractivity contribution in [3.8, 4) is 0 Å². The van der Waals surface area contributed by atoms with Crippen LogP contribution in [0.1, 0.15) is 18.4 Å². The molecule has 0 aromatic heterocycles. The molecule has 0 saturated carbocycles. The number of rotatable bonds is 2. The standard InChI is InChI=1S/C13H16FNS/c14-10-6-4-9(5-7-10)11-2-1-3-13(15)12(11)8-16/h2,4-7,12-13,16H,1,3,8,15H2/t12-,13-/m1/s1. The van der Waals surface area contributed by atoms with Crippen molar-refractivity contribution in [2.75, 3.05) is 5.75 Å². The molecule has 0 aliphatic heterocycles. The monoisotopic (exact) mass is 237 g/mol. The molecule has 0 fully saturated rings. The Kier molecular flexibility index (Phi) is 3.66. The first-order chi connectivity index (χ1) is 7.72. The van der Waals surface area contributed by atoms with Gasteiger partial charge in [0, 0.05) is 12.0 Å². The Bertz CT molecular complexity index is 385. The highest BCUT2D eigenvalue weighted by Crippen LogP contribution is 2.32. The Hall–Kier alpha value is -0.800. The predicted molar refractivity (Wildman–Crippen MR) is 68.9 cm³/mol. The minimum absolute atomic E-state index is 0.169. The van der Waals surface area contributed by atoms with Crippen molar-refractivity contribution in [3.05, 3.63) is 41.7 Å². The number of hydrogen-bond donors (Lipinski definition) is 2. The van der Waals surface area contributed by atoms with Crippen LogP contribution < -0.4 is 5.73 Å². The minimum atomic E-state index is -0.202. The van der Waals surface area contributed by atoms with Gasteiger partial charge < -0.3 is 5.73 Å². The normalized spacial score (nSPS) is 25.3. The zero-order chi connectivity index (χ0) is 11.5. The molecule has 2 atom stereocenters. The van der Waals surface area contributed by atoms with Crippen molar-refractivity contribution in [3.63, 3.8) is 0 Å². The van der Waals surface area contributed by atoms with Gasteiger partial charge in [0.15, 0.2) is 0 Å². The van der Waals surface area contributed by atoms with Crippen LogP contribution in [0.25, 0.3) is 5.57 Å².